The van der Waals surface area contributed by atoms with Crippen LogP contribution in [-0.4, -0.2) is 18.8 Å². The molecule has 2 rings (SSSR count). The van der Waals surface area contributed by atoms with Crippen LogP contribution in [0.3, 0.4) is 0 Å². The summed E-state index contributed by atoms with van der Waals surface area (Å²) < 4.78 is 5.82. The van der Waals surface area contributed by atoms with Crippen LogP contribution >= 0.6 is 0 Å². The molecule has 0 spiro atoms. The number of aryl methyl sites for hydroxylation is 1. The molecule has 1 aromatic rings. The fraction of sp³-hybridized carbons (Fsp3) is 0.571. The van der Waals surface area contributed by atoms with Crippen LogP contribution in [0.2, 0.25) is 0 Å². The third-order valence-corrected chi connectivity index (χ3v) is 3.23. The largest absolute Gasteiger partial charge is 0.378 e. The van der Waals surface area contributed by atoms with Crippen molar-refractivity contribution in [2.24, 2.45) is 5.73 Å². The first kappa shape index (κ1) is 11.6. The van der Waals surface area contributed by atoms with Crippen LogP contribution in [0.25, 0.3) is 0 Å². The van der Waals surface area contributed by atoms with Gasteiger partial charge in [0.25, 0.3) is 0 Å². The average Bonchev–Trinajstić information content (AvgIpc) is 2.72. The lowest BCUT2D eigenvalue weighted by atomic mass is 10.1. The fourth-order valence-corrected chi connectivity index (χ4v) is 2.30. The Morgan fingerprint density at radius 3 is 2.69 bits per heavy atom. The van der Waals surface area contributed by atoms with Gasteiger partial charge in [-0.3, -0.25) is 0 Å². The van der Waals surface area contributed by atoms with Crippen LogP contribution < -0.4 is 5.73 Å². The number of hydrogen-bond acceptors (Lipinski definition) is 2. The first-order valence-electron chi connectivity index (χ1n) is 6.25. The van der Waals surface area contributed by atoms with E-state index in [9.17, 15) is 0 Å². The average molecular weight is 219 g/mol. The molecule has 0 saturated heterocycles. The second-order valence-corrected chi connectivity index (χ2v) is 4.66. The summed E-state index contributed by atoms with van der Waals surface area (Å²) >= 11 is 0. The second-order valence-electron chi connectivity index (χ2n) is 4.66. The maximum Gasteiger partial charge on any atom is 0.0590 e. The van der Waals surface area contributed by atoms with Gasteiger partial charge in [-0.05, 0) is 37.7 Å². The monoisotopic (exact) mass is 219 g/mol. The van der Waals surface area contributed by atoms with Crippen molar-refractivity contribution in [3.63, 3.8) is 0 Å². The maximum absolute atomic E-state index is 5.84. The summed E-state index contributed by atoms with van der Waals surface area (Å²) in [6.07, 6.45) is 5.96. The standard InChI is InChI=1S/C14H21NO/c15-13-8-9-14(11-13)16-10-4-7-12-5-2-1-3-6-12/h1-3,5-6,13-14H,4,7-11,15H2. The Hall–Kier alpha value is -0.860. The van der Waals surface area contributed by atoms with Crippen LogP contribution in [-0.2, 0) is 11.2 Å². The summed E-state index contributed by atoms with van der Waals surface area (Å²) in [5, 5.41) is 0. The normalized spacial score (nSPS) is 24.8. The van der Waals surface area contributed by atoms with Gasteiger partial charge in [-0.25, -0.2) is 0 Å². The Morgan fingerprint density at radius 1 is 1.19 bits per heavy atom. The van der Waals surface area contributed by atoms with E-state index in [0.717, 1.165) is 38.7 Å². The van der Waals surface area contributed by atoms with Gasteiger partial charge < -0.3 is 10.5 Å². The van der Waals surface area contributed by atoms with Crippen LogP contribution in [0.15, 0.2) is 30.3 Å². The van der Waals surface area contributed by atoms with E-state index in [-0.39, 0.29) is 0 Å². The van der Waals surface area contributed by atoms with Crippen molar-refractivity contribution in [2.45, 2.75) is 44.2 Å². The Morgan fingerprint density at radius 2 is 2.00 bits per heavy atom. The molecule has 16 heavy (non-hydrogen) atoms. The van der Waals surface area contributed by atoms with E-state index in [4.69, 9.17) is 10.5 Å². The summed E-state index contributed by atoms with van der Waals surface area (Å²) in [5.41, 5.74) is 7.24. The van der Waals surface area contributed by atoms with Crippen molar-refractivity contribution < 1.29 is 4.74 Å². The molecular formula is C14H21NO. The molecule has 2 heteroatoms. The Bertz CT molecular complexity index is 299. The van der Waals surface area contributed by atoms with Crippen molar-refractivity contribution in [3.05, 3.63) is 35.9 Å². The quantitative estimate of drug-likeness (QED) is 0.772. The maximum atomic E-state index is 5.84. The van der Waals surface area contributed by atoms with E-state index >= 15 is 0 Å². The first-order valence-corrected chi connectivity index (χ1v) is 6.25. The van der Waals surface area contributed by atoms with Gasteiger partial charge in [-0.1, -0.05) is 30.3 Å². The molecule has 2 N–H and O–H groups in total. The number of benzene rings is 1. The molecule has 2 unspecified atom stereocenters. The van der Waals surface area contributed by atoms with E-state index in [1.165, 1.54) is 5.56 Å². The summed E-state index contributed by atoms with van der Waals surface area (Å²) in [6.45, 7) is 0.867. The van der Waals surface area contributed by atoms with Gasteiger partial charge >= 0.3 is 0 Å². The fourth-order valence-electron chi connectivity index (χ4n) is 2.30. The Labute approximate surface area is 97.8 Å². The van der Waals surface area contributed by atoms with E-state index in [1.54, 1.807) is 0 Å². The minimum absolute atomic E-state index is 0.374. The molecule has 2 atom stereocenters. The lowest BCUT2D eigenvalue weighted by Crippen LogP contribution is -2.17. The van der Waals surface area contributed by atoms with Crippen molar-refractivity contribution in [1.82, 2.24) is 0 Å². The molecule has 0 aromatic heterocycles. The smallest absolute Gasteiger partial charge is 0.0590 e. The molecule has 0 amide bonds. The van der Waals surface area contributed by atoms with Gasteiger partial charge in [0, 0.05) is 12.6 Å². The molecule has 0 radical (unpaired) electrons. The van der Waals surface area contributed by atoms with Crippen LogP contribution in [0.4, 0.5) is 0 Å². The second kappa shape index (κ2) is 6.02. The van der Waals surface area contributed by atoms with Crippen molar-refractivity contribution in [2.75, 3.05) is 6.61 Å². The highest BCUT2D eigenvalue weighted by Crippen LogP contribution is 2.20. The third kappa shape index (κ3) is 3.62. The first-order chi connectivity index (χ1) is 7.84. The molecule has 1 fully saturated rings. The third-order valence-electron chi connectivity index (χ3n) is 3.23. The molecule has 1 saturated carbocycles. The number of rotatable bonds is 5. The lowest BCUT2D eigenvalue weighted by molar-refractivity contribution is 0.0561. The molecular weight excluding hydrogens is 198 g/mol. The van der Waals surface area contributed by atoms with Gasteiger partial charge in [0.2, 0.25) is 0 Å². The highest BCUT2D eigenvalue weighted by molar-refractivity contribution is 5.14. The van der Waals surface area contributed by atoms with Crippen molar-refractivity contribution in [3.8, 4) is 0 Å². The zero-order valence-corrected chi connectivity index (χ0v) is 9.77. The van der Waals surface area contributed by atoms with Crippen LogP contribution in [0.1, 0.15) is 31.2 Å². The van der Waals surface area contributed by atoms with Crippen molar-refractivity contribution in [1.29, 1.82) is 0 Å². The predicted octanol–water partition coefficient (Wildman–Crippen LogP) is 2.52. The molecule has 1 aliphatic carbocycles. The molecule has 0 bridgehead atoms. The molecule has 1 aromatic carbocycles. The number of hydrogen-bond donors (Lipinski definition) is 1. The number of nitrogens with two attached hydrogens (primary N) is 1. The summed E-state index contributed by atoms with van der Waals surface area (Å²) in [6, 6.07) is 11.0. The van der Waals surface area contributed by atoms with Crippen LogP contribution in [0, 0.1) is 0 Å². The minimum Gasteiger partial charge on any atom is -0.378 e. The summed E-state index contributed by atoms with van der Waals surface area (Å²) in [5.74, 6) is 0. The van der Waals surface area contributed by atoms with E-state index < -0.39 is 0 Å². The highest BCUT2D eigenvalue weighted by Gasteiger charge is 2.21. The van der Waals surface area contributed by atoms with E-state index in [1.807, 2.05) is 0 Å². The molecule has 1 aliphatic rings. The van der Waals surface area contributed by atoms with Gasteiger partial charge in [-0.2, -0.15) is 0 Å². The predicted molar refractivity (Wildman–Crippen MR) is 66.3 cm³/mol. The minimum atomic E-state index is 0.374. The van der Waals surface area contributed by atoms with Gasteiger partial charge in [0.1, 0.15) is 0 Å². The highest BCUT2D eigenvalue weighted by atomic mass is 16.5. The summed E-state index contributed by atoms with van der Waals surface area (Å²) in [4.78, 5) is 0. The zero-order valence-electron chi connectivity index (χ0n) is 9.77. The van der Waals surface area contributed by atoms with Crippen molar-refractivity contribution >= 4 is 0 Å². The molecule has 0 aliphatic heterocycles. The van der Waals surface area contributed by atoms with Gasteiger partial charge in [-0.15, -0.1) is 0 Å². The number of ether oxygens (including phenoxy) is 1. The Balaban J connectivity index is 1.59. The lowest BCUT2D eigenvalue weighted by Gasteiger charge is -2.11. The van der Waals surface area contributed by atoms with Gasteiger partial charge in [0.15, 0.2) is 0 Å². The molecule has 0 heterocycles. The van der Waals surface area contributed by atoms with Gasteiger partial charge in [0.05, 0.1) is 6.10 Å². The van der Waals surface area contributed by atoms with E-state index in [2.05, 4.69) is 30.3 Å². The topological polar surface area (TPSA) is 35.2 Å². The molecule has 88 valence electrons. The zero-order chi connectivity index (χ0) is 11.2. The Kier molecular flexibility index (Phi) is 4.37. The van der Waals surface area contributed by atoms with Crippen LogP contribution in [0.5, 0.6) is 0 Å². The summed E-state index contributed by atoms with van der Waals surface area (Å²) in [7, 11) is 0. The molecule has 2 nitrogen and oxygen atoms in total. The SMILES string of the molecule is NC1CCC(OCCCc2ccccc2)C1. The van der Waals surface area contributed by atoms with E-state index in [0.29, 0.717) is 12.1 Å².